The van der Waals surface area contributed by atoms with Gasteiger partial charge in [0.1, 0.15) is 0 Å². The van der Waals surface area contributed by atoms with Gasteiger partial charge >= 0.3 is 11.9 Å². The molecule has 1 saturated heterocycles. The molecular weight excluding hydrogens is 340 g/mol. The van der Waals surface area contributed by atoms with Crippen molar-refractivity contribution in [2.45, 2.75) is 19.6 Å². The number of carbonyl (C=O) groups excluding carboxylic acids is 2. The normalized spacial score (nSPS) is 16.6. The number of halogens is 1. The van der Waals surface area contributed by atoms with E-state index in [1.165, 1.54) is 20.0 Å². The molecule has 0 aliphatic carbocycles. The lowest BCUT2D eigenvalue weighted by Gasteiger charge is -2.29. The minimum Gasteiger partial charge on any atom is -0.419 e. The number of rotatable bonds is 2. The Balaban J connectivity index is 2.20. The molecule has 0 aromatic heterocycles. The lowest BCUT2D eigenvalue weighted by Crippen LogP contribution is -2.42. The van der Waals surface area contributed by atoms with Gasteiger partial charge in [-0.05, 0) is 34.1 Å². The average molecular weight is 351 g/mol. The molecule has 0 amide bonds. The summed E-state index contributed by atoms with van der Waals surface area (Å²) in [6.07, 6.45) is 1.21. The number of cyclic esters (lactones) is 2. The van der Waals surface area contributed by atoms with E-state index >= 15 is 0 Å². The van der Waals surface area contributed by atoms with E-state index in [1.54, 1.807) is 18.2 Å². The molecule has 1 aromatic rings. The molecule has 21 heavy (non-hydrogen) atoms. The predicted octanol–water partition coefficient (Wildman–Crippen LogP) is 2.45. The van der Waals surface area contributed by atoms with Crippen LogP contribution in [0.15, 0.2) is 34.4 Å². The lowest BCUT2D eigenvalue weighted by molar-refractivity contribution is -0.222. The number of nitrogens with zero attached hydrogens (tertiary/aromatic N) is 1. The monoisotopic (exact) mass is 350 g/mol. The van der Waals surface area contributed by atoms with Crippen LogP contribution in [0.3, 0.4) is 0 Å². The molecule has 1 aliphatic rings. The summed E-state index contributed by atoms with van der Waals surface area (Å²) in [5.74, 6) is -2.78. The van der Waals surface area contributed by atoms with Crippen molar-refractivity contribution in [3.63, 3.8) is 0 Å². The first kappa shape index (κ1) is 15.1. The van der Waals surface area contributed by atoms with Crippen molar-refractivity contribution in [2.24, 2.45) is 0 Å². The van der Waals surface area contributed by atoms with Crippen LogP contribution in [-0.2, 0) is 19.1 Å². The molecule has 0 bridgehead atoms. The summed E-state index contributed by atoms with van der Waals surface area (Å²) in [6, 6.07) is 6.86. The Bertz CT molecular complexity index is 667. The van der Waals surface area contributed by atoms with Gasteiger partial charge in [0.2, 0.25) is 0 Å². The molecule has 1 heterocycles. The quantitative estimate of drug-likeness (QED) is 0.500. The maximum atomic E-state index is 11.7. The van der Waals surface area contributed by atoms with E-state index in [0.29, 0.717) is 15.7 Å². The Morgan fingerprint density at radius 3 is 2.43 bits per heavy atom. The Morgan fingerprint density at radius 1 is 1.29 bits per heavy atom. The molecule has 6 nitrogen and oxygen atoms in total. The number of ether oxygens (including phenoxy) is 2. The third-order valence-corrected chi connectivity index (χ3v) is 3.24. The predicted molar refractivity (Wildman–Crippen MR) is 76.8 cm³/mol. The lowest BCUT2D eigenvalue weighted by atomic mass is 10.2. The van der Waals surface area contributed by atoms with E-state index in [4.69, 9.17) is 14.7 Å². The molecule has 108 valence electrons. The molecule has 0 saturated carbocycles. The van der Waals surface area contributed by atoms with Gasteiger partial charge in [-0.3, -0.25) is 0 Å². The third-order valence-electron chi connectivity index (χ3n) is 2.59. The van der Waals surface area contributed by atoms with Crippen molar-refractivity contribution < 1.29 is 19.1 Å². The summed E-state index contributed by atoms with van der Waals surface area (Å²) in [5.41, 5.74) is 0.843. The van der Waals surface area contributed by atoms with Crippen molar-refractivity contribution in [1.82, 2.24) is 0 Å². The zero-order valence-electron chi connectivity index (χ0n) is 11.3. The van der Waals surface area contributed by atoms with E-state index in [2.05, 4.69) is 21.2 Å². The number of nitrogens with one attached hydrogen (secondary N) is 1. The second-order valence-corrected chi connectivity index (χ2v) is 5.54. The number of esters is 2. The molecule has 1 aromatic carbocycles. The van der Waals surface area contributed by atoms with E-state index < -0.39 is 17.7 Å². The Morgan fingerprint density at radius 2 is 1.90 bits per heavy atom. The Hall–Kier alpha value is -2.33. The highest BCUT2D eigenvalue weighted by Crippen LogP contribution is 2.25. The Labute approximate surface area is 129 Å². The first-order valence-corrected chi connectivity index (χ1v) is 6.75. The van der Waals surface area contributed by atoms with Crippen molar-refractivity contribution in [3.8, 4) is 6.07 Å². The maximum Gasteiger partial charge on any atom is 0.350 e. The van der Waals surface area contributed by atoms with Crippen LogP contribution in [0.5, 0.6) is 0 Å². The van der Waals surface area contributed by atoms with Gasteiger partial charge in [-0.2, -0.15) is 5.26 Å². The van der Waals surface area contributed by atoms with E-state index in [0.717, 1.165) is 0 Å². The van der Waals surface area contributed by atoms with Crippen LogP contribution in [0.25, 0.3) is 0 Å². The molecule has 0 atom stereocenters. The van der Waals surface area contributed by atoms with Gasteiger partial charge in [-0.1, -0.05) is 0 Å². The van der Waals surface area contributed by atoms with E-state index in [1.807, 2.05) is 6.07 Å². The highest BCUT2D eigenvalue weighted by atomic mass is 79.9. The average Bonchev–Trinajstić information content (AvgIpc) is 2.37. The van der Waals surface area contributed by atoms with Crippen LogP contribution in [0, 0.1) is 11.3 Å². The first-order valence-electron chi connectivity index (χ1n) is 5.95. The summed E-state index contributed by atoms with van der Waals surface area (Å²) in [6.45, 7) is 2.95. The largest absolute Gasteiger partial charge is 0.419 e. The van der Waals surface area contributed by atoms with E-state index in [-0.39, 0.29) is 5.57 Å². The second kappa shape index (κ2) is 5.58. The van der Waals surface area contributed by atoms with Gasteiger partial charge in [0.15, 0.2) is 5.57 Å². The summed E-state index contributed by atoms with van der Waals surface area (Å²) in [4.78, 5) is 23.5. The van der Waals surface area contributed by atoms with Gasteiger partial charge in [0, 0.05) is 24.5 Å². The van der Waals surface area contributed by atoms with Gasteiger partial charge in [0.25, 0.3) is 5.79 Å². The second-order valence-electron chi connectivity index (χ2n) is 4.69. The fourth-order valence-corrected chi connectivity index (χ4v) is 2.12. The van der Waals surface area contributed by atoms with Crippen molar-refractivity contribution in [3.05, 3.63) is 40.0 Å². The molecule has 7 heteroatoms. The molecule has 0 radical (unpaired) electrons. The summed E-state index contributed by atoms with van der Waals surface area (Å²) >= 11 is 3.29. The minimum atomic E-state index is -1.26. The minimum absolute atomic E-state index is 0.231. The molecule has 0 spiro atoms. The highest BCUT2D eigenvalue weighted by Gasteiger charge is 2.38. The molecular formula is C14H11BrN2O4. The number of carbonyl (C=O) groups is 2. The maximum absolute atomic E-state index is 11.7. The highest BCUT2D eigenvalue weighted by molar-refractivity contribution is 9.10. The topological polar surface area (TPSA) is 88.4 Å². The number of nitriles is 1. The van der Waals surface area contributed by atoms with Gasteiger partial charge in [0.05, 0.1) is 17.3 Å². The van der Waals surface area contributed by atoms with Gasteiger partial charge in [-0.25, -0.2) is 9.59 Å². The van der Waals surface area contributed by atoms with Crippen LogP contribution in [0.4, 0.5) is 5.69 Å². The van der Waals surface area contributed by atoms with Crippen LogP contribution in [0.1, 0.15) is 19.4 Å². The molecule has 0 unspecified atom stereocenters. The molecule has 1 N–H and O–H groups in total. The standard InChI is InChI=1S/C14H11BrN2O4/c1-14(2)20-12(18)9(13(19)21-14)7-17-11-4-3-8(6-16)5-10(11)15/h3-5,7,17H,1-2H3. The van der Waals surface area contributed by atoms with Crippen LogP contribution in [-0.4, -0.2) is 17.7 Å². The number of hydrogen-bond acceptors (Lipinski definition) is 6. The first-order chi connectivity index (χ1) is 9.82. The third kappa shape index (κ3) is 3.41. The summed E-state index contributed by atoms with van der Waals surface area (Å²) < 4.78 is 10.6. The zero-order chi connectivity index (χ0) is 15.6. The number of hydrogen-bond donors (Lipinski definition) is 1. The van der Waals surface area contributed by atoms with Crippen molar-refractivity contribution >= 4 is 33.6 Å². The summed E-state index contributed by atoms with van der Waals surface area (Å²) in [7, 11) is 0. The van der Waals surface area contributed by atoms with Crippen molar-refractivity contribution in [2.75, 3.05) is 5.32 Å². The SMILES string of the molecule is CC1(C)OC(=O)C(=CNc2ccc(C#N)cc2Br)C(=O)O1. The van der Waals surface area contributed by atoms with Crippen LogP contribution in [0.2, 0.25) is 0 Å². The van der Waals surface area contributed by atoms with Crippen LogP contribution >= 0.6 is 15.9 Å². The van der Waals surface area contributed by atoms with Crippen LogP contribution < -0.4 is 5.32 Å². The van der Waals surface area contributed by atoms with E-state index in [9.17, 15) is 9.59 Å². The Kier molecular flexibility index (Phi) is 4.00. The number of anilines is 1. The fraction of sp³-hybridized carbons (Fsp3) is 0.214. The molecule has 2 rings (SSSR count). The fourth-order valence-electron chi connectivity index (χ4n) is 1.63. The molecule has 1 aliphatic heterocycles. The summed E-state index contributed by atoms with van der Waals surface area (Å²) in [5, 5.41) is 11.6. The van der Waals surface area contributed by atoms with Gasteiger partial charge < -0.3 is 14.8 Å². The smallest absolute Gasteiger partial charge is 0.350 e. The zero-order valence-corrected chi connectivity index (χ0v) is 12.9. The van der Waals surface area contributed by atoms with Gasteiger partial charge in [-0.15, -0.1) is 0 Å². The molecule has 1 fully saturated rings. The number of benzene rings is 1. The van der Waals surface area contributed by atoms with Crippen molar-refractivity contribution in [1.29, 1.82) is 5.26 Å².